The maximum absolute atomic E-state index is 12.8. The van der Waals surface area contributed by atoms with Crippen LogP contribution in [0, 0.1) is 17.8 Å². The average molecular weight is 336 g/mol. The van der Waals surface area contributed by atoms with Gasteiger partial charge in [0.1, 0.15) is 0 Å². The number of hydroxylamine groups is 2. The highest BCUT2D eigenvalue weighted by atomic mass is 32.1. The zero-order chi connectivity index (χ0) is 15.6. The van der Waals surface area contributed by atoms with E-state index < -0.39 is 0 Å². The van der Waals surface area contributed by atoms with Gasteiger partial charge in [-0.25, -0.2) is 5.06 Å². The van der Waals surface area contributed by atoms with E-state index in [2.05, 4.69) is 21.7 Å². The Labute approximate surface area is 141 Å². The van der Waals surface area contributed by atoms with E-state index in [4.69, 9.17) is 9.57 Å². The third-order valence-electron chi connectivity index (χ3n) is 5.27. The van der Waals surface area contributed by atoms with Crippen molar-refractivity contribution in [1.29, 1.82) is 0 Å². The molecule has 126 valence electrons. The molecule has 3 fully saturated rings. The second-order valence-electron chi connectivity index (χ2n) is 6.87. The van der Waals surface area contributed by atoms with E-state index >= 15 is 0 Å². The van der Waals surface area contributed by atoms with Crippen molar-refractivity contribution in [3.05, 3.63) is 22.4 Å². The summed E-state index contributed by atoms with van der Waals surface area (Å²) in [4.78, 5) is 20.9. The Balaban J connectivity index is 1.41. The van der Waals surface area contributed by atoms with Crippen LogP contribution < -0.4 is 0 Å². The Bertz CT molecular complexity index is 530. The third-order valence-corrected chi connectivity index (χ3v) is 6.00. The highest BCUT2D eigenvalue weighted by Gasteiger charge is 2.45. The molecule has 1 aromatic heterocycles. The van der Waals surface area contributed by atoms with Gasteiger partial charge in [-0.1, -0.05) is 0 Å². The van der Waals surface area contributed by atoms with Gasteiger partial charge in [-0.2, -0.15) is 11.3 Å². The molecule has 23 heavy (non-hydrogen) atoms. The standard InChI is InChI=1S/C17H24N2O3S/c20-17(19-4-1-2-5-22-19)16-11-21-10-14-8-18(9-15(14)16)7-13-3-6-23-12-13/h3,6,12,14-16H,1-2,4-5,7-11H2/t14-,15-,16-/m1/s1. The minimum Gasteiger partial charge on any atom is -0.380 e. The number of carbonyl (C=O) groups excluding carboxylic acids is 1. The van der Waals surface area contributed by atoms with E-state index in [0.29, 0.717) is 25.0 Å². The fraction of sp³-hybridized carbons (Fsp3) is 0.706. The Morgan fingerprint density at radius 3 is 3.04 bits per heavy atom. The first-order valence-corrected chi connectivity index (χ1v) is 9.51. The summed E-state index contributed by atoms with van der Waals surface area (Å²) in [6.45, 7) is 5.74. The monoisotopic (exact) mass is 336 g/mol. The van der Waals surface area contributed by atoms with E-state index in [1.165, 1.54) is 5.56 Å². The van der Waals surface area contributed by atoms with Crippen molar-refractivity contribution in [2.24, 2.45) is 17.8 Å². The summed E-state index contributed by atoms with van der Waals surface area (Å²) < 4.78 is 5.76. The van der Waals surface area contributed by atoms with Crippen LogP contribution >= 0.6 is 11.3 Å². The van der Waals surface area contributed by atoms with Gasteiger partial charge in [0.15, 0.2) is 0 Å². The molecule has 4 heterocycles. The molecule has 3 saturated heterocycles. The van der Waals surface area contributed by atoms with E-state index in [9.17, 15) is 4.79 Å². The number of likely N-dealkylation sites (tertiary alicyclic amines) is 1. The van der Waals surface area contributed by atoms with Crippen LogP contribution in [0.2, 0.25) is 0 Å². The molecule has 0 aliphatic carbocycles. The first-order chi connectivity index (χ1) is 11.3. The van der Waals surface area contributed by atoms with Crippen molar-refractivity contribution in [2.45, 2.75) is 19.4 Å². The van der Waals surface area contributed by atoms with E-state index in [0.717, 1.165) is 45.6 Å². The summed E-state index contributed by atoms with van der Waals surface area (Å²) in [6.07, 6.45) is 2.09. The van der Waals surface area contributed by atoms with Crippen LogP contribution in [-0.4, -0.2) is 55.3 Å². The van der Waals surface area contributed by atoms with Gasteiger partial charge in [-0.15, -0.1) is 0 Å². The summed E-state index contributed by atoms with van der Waals surface area (Å²) in [6, 6.07) is 2.19. The molecule has 6 heteroatoms. The molecule has 4 rings (SSSR count). The number of carbonyl (C=O) groups is 1. The van der Waals surface area contributed by atoms with Crippen LogP contribution in [0.1, 0.15) is 18.4 Å². The number of nitrogens with zero attached hydrogens (tertiary/aromatic N) is 2. The number of hydrogen-bond acceptors (Lipinski definition) is 5. The molecule has 0 unspecified atom stereocenters. The highest BCUT2D eigenvalue weighted by molar-refractivity contribution is 7.07. The topological polar surface area (TPSA) is 42.0 Å². The number of fused-ring (bicyclic) bond motifs is 1. The molecule has 0 spiro atoms. The van der Waals surface area contributed by atoms with Crippen molar-refractivity contribution in [2.75, 3.05) is 39.5 Å². The molecular weight excluding hydrogens is 312 g/mol. The number of thiophene rings is 1. The summed E-state index contributed by atoms with van der Waals surface area (Å²) in [7, 11) is 0. The highest BCUT2D eigenvalue weighted by Crippen LogP contribution is 2.36. The minimum atomic E-state index is -0.0423. The Hall–Kier alpha value is -0.950. The second kappa shape index (κ2) is 6.89. The fourth-order valence-corrected chi connectivity index (χ4v) is 4.73. The van der Waals surface area contributed by atoms with E-state index in [-0.39, 0.29) is 11.8 Å². The summed E-state index contributed by atoms with van der Waals surface area (Å²) in [5.41, 5.74) is 1.37. The molecule has 0 aromatic carbocycles. The van der Waals surface area contributed by atoms with Crippen molar-refractivity contribution in [3.8, 4) is 0 Å². The van der Waals surface area contributed by atoms with Crippen LogP contribution in [-0.2, 0) is 20.9 Å². The van der Waals surface area contributed by atoms with E-state index in [1.54, 1.807) is 16.4 Å². The number of rotatable bonds is 3. The molecule has 3 aliphatic rings. The maximum Gasteiger partial charge on any atom is 0.251 e. The van der Waals surface area contributed by atoms with Crippen molar-refractivity contribution >= 4 is 17.2 Å². The van der Waals surface area contributed by atoms with E-state index in [1.807, 2.05) is 0 Å². The molecule has 0 N–H and O–H groups in total. The maximum atomic E-state index is 12.8. The normalized spacial score (nSPS) is 32.0. The third kappa shape index (κ3) is 3.31. The summed E-state index contributed by atoms with van der Waals surface area (Å²) in [5, 5.41) is 5.94. The summed E-state index contributed by atoms with van der Waals surface area (Å²) >= 11 is 1.74. The molecule has 1 amide bonds. The molecule has 3 aliphatic heterocycles. The predicted molar refractivity (Wildman–Crippen MR) is 87.8 cm³/mol. The molecule has 3 atom stereocenters. The quantitative estimate of drug-likeness (QED) is 0.847. The zero-order valence-electron chi connectivity index (χ0n) is 13.4. The van der Waals surface area contributed by atoms with Gasteiger partial charge >= 0.3 is 0 Å². The number of hydrogen-bond donors (Lipinski definition) is 0. The SMILES string of the molecule is O=C([C@@H]1COC[C@H]2CN(Cc3ccsc3)C[C@H]21)N1CCCCO1. The molecule has 0 radical (unpaired) electrons. The van der Waals surface area contributed by atoms with Gasteiger partial charge < -0.3 is 4.74 Å². The van der Waals surface area contributed by atoms with Crippen LogP contribution in [0.15, 0.2) is 16.8 Å². The van der Waals surface area contributed by atoms with Gasteiger partial charge in [-0.3, -0.25) is 14.5 Å². The van der Waals surface area contributed by atoms with Crippen molar-refractivity contribution in [1.82, 2.24) is 9.96 Å². The first kappa shape index (κ1) is 15.6. The zero-order valence-corrected chi connectivity index (χ0v) is 14.2. The van der Waals surface area contributed by atoms with Crippen molar-refractivity contribution in [3.63, 3.8) is 0 Å². The molecule has 0 bridgehead atoms. The van der Waals surface area contributed by atoms with Gasteiger partial charge in [0, 0.05) is 26.2 Å². The average Bonchev–Trinajstić information content (AvgIpc) is 3.24. The largest absolute Gasteiger partial charge is 0.380 e. The second-order valence-corrected chi connectivity index (χ2v) is 7.65. The molecular formula is C17H24N2O3S. The van der Waals surface area contributed by atoms with Gasteiger partial charge in [0.25, 0.3) is 5.91 Å². The Morgan fingerprint density at radius 2 is 2.26 bits per heavy atom. The molecule has 0 saturated carbocycles. The van der Waals surface area contributed by atoms with Crippen LogP contribution in [0.3, 0.4) is 0 Å². The molecule has 1 aromatic rings. The molecule has 5 nitrogen and oxygen atoms in total. The van der Waals surface area contributed by atoms with Crippen LogP contribution in [0.25, 0.3) is 0 Å². The van der Waals surface area contributed by atoms with Gasteiger partial charge in [0.2, 0.25) is 0 Å². The lowest BCUT2D eigenvalue weighted by Crippen LogP contribution is -2.47. The first-order valence-electron chi connectivity index (χ1n) is 8.57. The lowest BCUT2D eigenvalue weighted by molar-refractivity contribution is -0.207. The Morgan fingerprint density at radius 1 is 1.30 bits per heavy atom. The lowest BCUT2D eigenvalue weighted by atomic mass is 9.82. The summed E-state index contributed by atoms with van der Waals surface area (Å²) in [5.74, 6) is 0.970. The van der Waals surface area contributed by atoms with Crippen LogP contribution in [0.5, 0.6) is 0 Å². The Kier molecular flexibility index (Phi) is 4.66. The fourth-order valence-electron chi connectivity index (χ4n) is 4.07. The predicted octanol–water partition coefficient (Wildman–Crippen LogP) is 2.00. The van der Waals surface area contributed by atoms with Crippen molar-refractivity contribution < 1.29 is 14.4 Å². The number of amides is 1. The number of ether oxygens (including phenoxy) is 1. The minimum absolute atomic E-state index is 0.0423. The van der Waals surface area contributed by atoms with Crippen LogP contribution in [0.4, 0.5) is 0 Å². The smallest absolute Gasteiger partial charge is 0.251 e. The lowest BCUT2D eigenvalue weighted by Gasteiger charge is -2.36. The van der Waals surface area contributed by atoms with Gasteiger partial charge in [0.05, 0.1) is 25.7 Å². The van der Waals surface area contributed by atoms with Gasteiger partial charge in [-0.05, 0) is 47.1 Å².